The van der Waals surface area contributed by atoms with Gasteiger partial charge in [0.05, 0.1) is 18.0 Å². The molecule has 0 amide bonds. The number of rotatable bonds is 4. The fraction of sp³-hybridized carbons (Fsp3) is 0.818. The van der Waals surface area contributed by atoms with Crippen molar-refractivity contribution in [3.8, 4) is 0 Å². The Morgan fingerprint density at radius 1 is 1.05 bits per heavy atom. The van der Waals surface area contributed by atoms with Gasteiger partial charge in [-0.1, -0.05) is 59.2 Å². The molecule has 3 heterocycles. The van der Waals surface area contributed by atoms with Gasteiger partial charge in [-0.3, -0.25) is 15.5 Å². The number of nitrogens with zero attached hydrogens (tertiary/aromatic N) is 1. The molecule has 8 nitrogen and oxygen atoms in total. The third-order valence-electron chi connectivity index (χ3n) is 10.2. The van der Waals surface area contributed by atoms with E-state index in [9.17, 15) is 8.42 Å². The van der Waals surface area contributed by atoms with Crippen molar-refractivity contribution in [2.24, 2.45) is 16.7 Å². The van der Waals surface area contributed by atoms with Crippen molar-refractivity contribution in [1.29, 1.82) is 0 Å². The van der Waals surface area contributed by atoms with Gasteiger partial charge in [-0.2, -0.15) is 4.72 Å². The largest absolute Gasteiger partial charge is 0.376 e. The molecule has 1 aromatic rings. The lowest BCUT2D eigenvalue weighted by atomic mass is 9.83. The number of hydrogen-bond donors (Lipinski definition) is 3. The maximum atomic E-state index is 13.8. The van der Waals surface area contributed by atoms with Crippen LogP contribution in [0.4, 0.5) is 0 Å². The van der Waals surface area contributed by atoms with E-state index in [-0.39, 0.29) is 40.5 Å². The standard InChI is InChI=1S/C33H56N4O4S/c1-22-10-8-11-23(2)30(22)27-17-29-35-31(34-27)36-42(38,39)26-13-9-12-24(16-26)19-37(20-28-33(6,7)14-15-40-28)25(21-41-29)18-32(3,4)5/h8,10-11,24-29,31,34-36H,9,12-21H2,1-7H3/t24?,25-,26?,27?,28?,29?,31?/m1/s1. The Hall–Kier alpha value is -1.07. The Morgan fingerprint density at radius 3 is 2.45 bits per heavy atom. The maximum absolute atomic E-state index is 13.8. The van der Waals surface area contributed by atoms with Gasteiger partial charge < -0.3 is 9.47 Å². The van der Waals surface area contributed by atoms with Gasteiger partial charge in [0.1, 0.15) is 12.5 Å². The van der Waals surface area contributed by atoms with Gasteiger partial charge in [-0.05, 0) is 79.4 Å². The topological polar surface area (TPSA) is 91.9 Å². The minimum Gasteiger partial charge on any atom is -0.376 e. The Bertz CT molecular complexity index is 1160. The molecule has 4 bridgehead atoms. The second kappa shape index (κ2) is 12.7. The molecule has 5 rings (SSSR count). The normalized spacial score (nSPS) is 36.0. The molecule has 4 fully saturated rings. The third kappa shape index (κ3) is 7.76. The fourth-order valence-electron chi connectivity index (χ4n) is 7.79. The molecule has 4 aliphatic rings. The number of hydrogen-bond acceptors (Lipinski definition) is 7. The molecule has 0 aromatic heterocycles. The molecule has 7 atom stereocenters. The molecule has 3 N–H and O–H groups in total. The van der Waals surface area contributed by atoms with Crippen LogP contribution in [0, 0.1) is 30.6 Å². The highest BCUT2D eigenvalue weighted by Gasteiger charge is 2.42. The summed E-state index contributed by atoms with van der Waals surface area (Å²) in [7, 11) is -3.55. The quantitative estimate of drug-likeness (QED) is 0.447. The fourth-order valence-corrected chi connectivity index (χ4v) is 9.45. The predicted molar refractivity (Wildman–Crippen MR) is 168 cm³/mol. The van der Waals surface area contributed by atoms with Gasteiger partial charge in [0.2, 0.25) is 10.0 Å². The van der Waals surface area contributed by atoms with Crippen LogP contribution in [0.25, 0.3) is 0 Å². The van der Waals surface area contributed by atoms with E-state index in [2.05, 4.69) is 86.9 Å². The van der Waals surface area contributed by atoms with Crippen LogP contribution in [0.15, 0.2) is 18.2 Å². The minimum atomic E-state index is -3.55. The van der Waals surface area contributed by atoms with Crippen LogP contribution < -0.4 is 15.4 Å². The van der Waals surface area contributed by atoms with Gasteiger partial charge in [0.15, 0.2) is 0 Å². The first kappa shape index (κ1) is 32.3. The van der Waals surface area contributed by atoms with E-state index in [1.54, 1.807) is 0 Å². The molecule has 1 aliphatic carbocycles. The number of ether oxygens (including phenoxy) is 2. The number of sulfonamides is 1. The van der Waals surface area contributed by atoms with Crippen molar-refractivity contribution in [2.75, 3.05) is 26.3 Å². The lowest BCUT2D eigenvalue weighted by Gasteiger charge is -2.42. The Kier molecular flexibility index (Phi) is 9.80. The summed E-state index contributed by atoms with van der Waals surface area (Å²) >= 11 is 0. The van der Waals surface area contributed by atoms with Crippen molar-refractivity contribution >= 4 is 10.0 Å². The van der Waals surface area contributed by atoms with Crippen molar-refractivity contribution in [2.45, 2.75) is 129 Å². The molecule has 0 spiro atoms. The molecule has 3 saturated heterocycles. The first-order chi connectivity index (χ1) is 19.7. The van der Waals surface area contributed by atoms with Crippen LogP contribution in [0.2, 0.25) is 0 Å². The summed E-state index contributed by atoms with van der Waals surface area (Å²) in [5, 5.41) is 6.68. The van der Waals surface area contributed by atoms with Crippen LogP contribution in [0.1, 0.15) is 102 Å². The Morgan fingerprint density at radius 2 is 1.79 bits per heavy atom. The monoisotopic (exact) mass is 604 g/mol. The van der Waals surface area contributed by atoms with Crippen molar-refractivity contribution in [3.63, 3.8) is 0 Å². The van der Waals surface area contributed by atoms with Crippen LogP contribution in [-0.4, -0.2) is 69.5 Å². The average molecular weight is 605 g/mol. The summed E-state index contributed by atoms with van der Waals surface area (Å²) < 4.78 is 43.8. The third-order valence-corrected chi connectivity index (χ3v) is 12.1. The molecule has 0 radical (unpaired) electrons. The summed E-state index contributed by atoms with van der Waals surface area (Å²) in [6.07, 6.45) is 5.49. The summed E-state index contributed by atoms with van der Waals surface area (Å²) in [5.41, 5.74) is 3.89. The molecular weight excluding hydrogens is 548 g/mol. The highest BCUT2D eigenvalue weighted by Crippen LogP contribution is 2.37. The number of nitrogens with one attached hydrogen (secondary N) is 3. The molecule has 9 heteroatoms. The lowest BCUT2D eigenvalue weighted by molar-refractivity contribution is -0.0618. The minimum absolute atomic E-state index is 0.0285. The molecular formula is C33H56N4O4S. The van der Waals surface area contributed by atoms with Crippen molar-refractivity contribution < 1.29 is 17.9 Å². The Labute approximate surface area is 255 Å². The molecule has 6 unspecified atom stereocenters. The highest BCUT2D eigenvalue weighted by atomic mass is 32.2. The van der Waals surface area contributed by atoms with E-state index < -0.39 is 16.3 Å². The zero-order valence-corrected chi connectivity index (χ0v) is 27.9. The molecule has 3 aliphatic heterocycles. The molecule has 238 valence electrons. The highest BCUT2D eigenvalue weighted by molar-refractivity contribution is 7.90. The second-order valence-corrected chi connectivity index (χ2v) is 17.5. The maximum Gasteiger partial charge on any atom is 0.216 e. The van der Waals surface area contributed by atoms with Gasteiger partial charge >= 0.3 is 0 Å². The van der Waals surface area contributed by atoms with E-state index in [1.165, 1.54) is 16.7 Å². The lowest BCUT2D eigenvalue weighted by Crippen LogP contribution is -2.64. The van der Waals surface area contributed by atoms with Crippen LogP contribution >= 0.6 is 0 Å². The van der Waals surface area contributed by atoms with E-state index in [1.807, 2.05) is 0 Å². The van der Waals surface area contributed by atoms with Crippen molar-refractivity contribution in [3.05, 3.63) is 34.9 Å². The SMILES string of the molecule is Cc1cccc(C)c1C1CC2NC(N1)NS(=O)(=O)C1CCCC(C1)CN(CC1OCCC1(C)C)[C@H](CC(C)(C)C)CO2. The zero-order valence-electron chi connectivity index (χ0n) is 27.0. The number of benzene rings is 1. The van der Waals surface area contributed by atoms with E-state index in [4.69, 9.17) is 9.47 Å². The number of fused-ring (bicyclic) bond motifs is 4. The van der Waals surface area contributed by atoms with Crippen LogP contribution in [0.5, 0.6) is 0 Å². The smallest absolute Gasteiger partial charge is 0.216 e. The summed E-state index contributed by atoms with van der Waals surface area (Å²) in [5.74, 6) is 0.329. The van der Waals surface area contributed by atoms with E-state index >= 15 is 0 Å². The van der Waals surface area contributed by atoms with Gasteiger partial charge in [-0.15, -0.1) is 0 Å². The first-order valence-corrected chi connectivity index (χ1v) is 17.8. The van der Waals surface area contributed by atoms with Crippen molar-refractivity contribution in [1.82, 2.24) is 20.3 Å². The Balaban J connectivity index is 1.49. The van der Waals surface area contributed by atoms with E-state index in [0.717, 1.165) is 51.8 Å². The zero-order chi connectivity index (χ0) is 30.3. The van der Waals surface area contributed by atoms with Crippen LogP contribution in [-0.2, 0) is 19.5 Å². The van der Waals surface area contributed by atoms with Gasteiger partial charge in [0.25, 0.3) is 0 Å². The molecule has 42 heavy (non-hydrogen) atoms. The predicted octanol–water partition coefficient (Wildman–Crippen LogP) is 4.97. The van der Waals surface area contributed by atoms with E-state index in [0.29, 0.717) is 25.4 Å². The summed E-state index contributed by atoms with van der Waals surface area (Å²) in [6.45, 7) is 19.0. The average Bonchev–Trinajstić information content (AvgIpc) is 3.22. The number of aryl methyl sites for hydroxylation is 2. The summed E-state index contributed by atoms with van der Waals surface area (Å²) in [6, 6.07) is 6.54. The molecule has 1 aromatic carbocycles. The van der Waals surface area contributed by atoms with Gasteiger partial charge in [0, 0.05) is 38.2 Å². The molecule has 1 saturated carbocycles. The summed E-state index contributed by atoms with van der Waals surface area (Å²) in [4.78, 5) is 2.62. The van der Waals surface area contributed by atoms with Crippen LogP contribution in [0.3, 0.4) is 0 Å². The first-order valence-electron chi connectivity index (χ1n) is 16.3. The second-order valence-electron chi connectivity index (χ2n) is 15.5. The van der Waals surface area contributed by atoms with Gasteiger partial charge in [-0.25, -0.2) is 8.42 Å².